The second-order valence-electron chi connectivity index (χ2n) is 3.59. The van der Waals surface area contributed by atoms with Crippen LogP contribution in [0.2, 0.25) is 0 Å². The predicted molar refractivity (Wildman–Crippen MR) is 55.0 cm³/mol. The molecule has 0 aromatic heterocycles. The second-order valence-corrected chi connectivity index (χ2v) is 3.59. The highest BCUT2D eigenvalue weighted by molar-refractivity contribution is 4.80. The Balaban J connectivity index is 1.63. The van der Waals surface area contributed by atoms with E-state index in [9.17, 15) is 0 Å². The predicted octanol–water partition coefficient (Wildman–Crippen LogP) is 0.755. The van der Waals surface area contributed by atoms with Crippen LogP contribution in [-0.2, 0) is 4.74 Å². The Labute approximate surface area is 81.2 Å². The molecule has 1 aliphatic rings. The Morgan fingerprint density at radius 1 is 1.15 bits per heavy atom. The number of hydrogen-bond acceptors (Lipinski definition) is 3. The average molecular weight is 186 g/mol. The molecule has 1 fully saturated rings. The van der Waals surface area contributed by atoms with Gasteiger partial charge < -0.3 is 15.4 Å². The van der Waals surface area contributed by atoms with E-state index >= 15 is 0 Å². The molecule has 0 heterocycles. The molecule has 0 aliphatic heterocycles. The van der Waals surface area contributed by atoms with Gasteiger partial charge in [-0.1, -0.05) is 6.92 Å². The molecule has 1 rings (SSSR count). The van der Waals surface area contributed by atoms with Gasteiger partial charge in [-0.3, -0.25) is 0 Å². The third-order valence-electron chi connectivity index (χ3n) is 2.08. The fourth-order valence-electron chi connectivity index (χ4n) is 1.17. The molecule has 0 radical (unpaired) electrons. The number of nitrogens with one attached hydrogen (secondary N) is 2. The first-order valence-electron chi connectivity index (χ1n) is 5.45. The molecular formula is C10H22N2O. The van der Waals surface area contributed by atoms with E-state index in [1.54, 1.807) is 0 Å². The van der Waals surface area contributed by atoms with E-state index in [1.165, 1.54) is 12.8 Å². The van der Waals surface area contributed by atoms with Gasteiger partial charge in [-0.15, -0.1) is 0 Å². The van der Waals surface area contributed by atoms with Gasteiger partial charge in [0.15, 0.2) is 0 Å². The van der Waals surface area contributed by atoms with Crippen LogP contribution in [0.3, 0.4) is 0 Å². The van der Waals surface area contributed by atoms with E-state index in [4.69, 9.17) is 4.74 Å². The Morgan fingerprint density at radius 2 is 2.00 bits per heavy atom. The minimum atomic E-state index is 0.832. The first kappa shape index (κ1) is 11.0. The van der Waals surface area contributed by atoms with Crippen molar-refractivity contribution in [2.24, 2.45) is 0 Å². The van der Waals surface area contributed by atoms with Gasteiger partial charge in [-0.2, -0.15) is 0 Å². The van der Waals surface area contributed by atoms with Gasteiger partial charge in [0.05, 0.1) is 6.61 Å². The van der Waals surface area contributed by atoms with Gasteiger partial charge in [0.2, 0.25) is 0 Å². The van der Waals surface area contributed by atoms with Crippen LogP contribution in [0.5, 0.6) is 0 Å². The summed E-state index contributed by atoms with van der Waals surface area (Å²) in [6, 6.07) is 0.832. The normalized spacial score (nSPS) is 16.4. The van der Waals surface area contributed by atoms with Crippen molar-refractivity contribution < 1.29 is 4.74 Å². The minimum absolute atomic E-state index is 0.832. The Hall–Kier alpha value is -0.120. The fourth-order valence-corrected chi connectivity index (χ4v) is 1.17. The quantitative estimate of drug-likeness (QED) is 0.521. The van der Waals surface area contributed by atoms with Crippen molar-refractivity contribution in [1.29, 1.82) is 0 Å². The largest absolute Gasteiger partial charge is 0.380 e. The molecule has 0 atom stereocenters. The molecule has 3 heteroatoms. The molecule has 1 saturated carbocycles. The summed E-state index contributed by atoms with van der Waals surface area (Å²) < 4.78 is 5.34. The van der Waals surface area contributed by atoms with E-state index in [-0.39, 0.29) is 0 Å². The third kappa shape index (κ3) is 6.99. The van der Waals surface area contributed by atoms with Crippen molar-refractivity contribution in [2.45, 2.75) is 32.2 Å². The molecule has 2 N–H and O–H groups in total. The molecule has 3 nitrogen and oxygen atoms in total. The molecule has 78 valence electrons. The van der Waals surface area contributed by atoms with Gasteiger partial charge in [0.1, 0.15) is 0 Å². The smallest absolute Gasteiger partial charge is 0.0590 e. The first-order chi connectivity index (χ1) is 6.43. The summed E-state index contributed by atoms with van der Waals surface area (Å²) in [6.07, 6.45) is 3.86. The highest BCUT2D eigenvalue weighted by Crippen LogP contribution is 2.17. The molecule has 13 heavy (non-hydrogen) atoms. The molecule has 0 spiro atoms. The van der Waals surface area contributed by atoms with Crippen LogP contribution in [0.15, 0.2) is 0 Å². The summed E-state index contributed by atoms with van der Waals surface area (Å²) in [5.74, 6) is 0. The van der Waals surface area contributed by atoms with Crippen molar-refractivity contribution in [1.82, 2.24) is 10.6 Å². The topological polar surface area (TPSA) is 33.3 Å². The minimum Gasteiger partial charge on any atom is -0.380 e. The van der Waals surface area contributed by atoms with Crippen LogP contribution in [-0.4, -0.2) is 38.9 Å². The van der Waals surface area contributed by atoms with Gasteiger partial charge >= 0.3 is 0 Å². The molecule has 0 aromatic carbocycles. The molecule has 0 bridgehead atoms. The summed E-state index contributed by atoms with van der Waals surface area (Å²) in [5.41, 5.74) is 0. The van der Waals surface area contributed by atoms with E-state index in [0.717, 1.165) is 45.3 Å². The van der Waals surface area contributed by atoms with Gasteiger partial charge in [0, 0.05) is 32.3 Å². The van der Waals surface area contributed by atoms with E-state index in [2.05, 4.69) is 17.6 Å². The summed E-state index contributed by atoms with van der Waals surface area (Å²) in [4.78, 5) is 0. The van der Waals surface area contributed by atoms with Crippen LogP contribution in [0, 0.1) is 0 Å². The van der Waals surface area contributed by atoms with Crippen molar-refractivity contribution >= 4 is 0 Å². The molecule has 0 saturated heterocycles. The summed E-state index contributed by atoms with van der Waals surface area (Å²) >= 11 is 0. The summed E-state index contributed by atoms with van der Waals surface area (Å²) in [7, 11) is 0. The summed E-state index contributed by atoms with van der Waals surface area (Å²) in [5, 5.41) is 6.80. The molecule has 0 amide bonds. The third-order valence-corrected chi connectivity index (χ3v) is 2.08. The second kappa shape index (κ2) is 7.30. The van der Waals surface area contributed by atoms with E-state index < -0.39 is 0 Å². The van der Waals surface area contributed by atoms with Crippen LogP contribution in [0.4, 0.5) is 0 Å². The maximum atomic E-state index is 5.34. The number of rotatable bonds is 9. The molecule has 0 aromatic rings. The van der Waals surface area contributed by atoms with Crippen LogP contribution in [0.25, 0.3) is 0 Å². The van der Waals surface area contributed by atoms with Crippen molar-refractivity contribution in [2.75, 3.05) is 32.8 Å². The van der Waals surface area contributed by atoms with E-state index in [1.807, 2.05) is 0 Å². The van der Waals surface area contributed by atoms with Crippen molar-refractivity contribution in [3.63, 3.8) is 0 Å². The lowest BCUT2D eigenvalue weighted by Gasteiger charge is -2.05. The van der Waals surface area contributed by atoms with Crippen LogP contribution < -0.4 is 10.6 Å². The van der Waals surface area contributed by atoms with Crippen molar-refractivity contribution in [3.8, 4) is 0 Å². The van der Waals surface area contributed by atoms with Crippen molar-refractivity contribution in [3.05, 3.63) is 0 Å². The lowest BCUT2D eigenvalue weighted by atomic mass is 10.5. The molecule has 1 aliphatic carbocycles. The zero-order chi connectivity index (χ0) is 9.36. The maximum absolute atomic E-state index is 5.34. The van der Waals surface area contributed by atoms with Gasteiger partial charge in [0.25, 0.3) is 0 Å². The lowest BCUT2D eigenvalue weighted by molar-refractivity contribution is 0.136. The SMILES string of the molecule is CCCOCCNCCNC1CC1. The highest BCUT2D eigenvalue weighted by atomic mass is 16.5. The first-order valence-corrected chi connectivity index (χ1v) is 5.45. The zero-order valence-corrected chi connectivity index (χ0v) is 8.64. The van der Waals surface area contributed by atoms with Gasteiger partial charge in [-0.25, -0.2) is 0 Å². The summed E-state index contributed by atoms with van der Waals surface area (Å²) in [6.45, 7) is 7.00. The average Bonchev–Trinajstić information content (AvgIpc) is 2.93. The van der Waals surface area contributed by atoms with Crippen LogP contribution >= 0.6 is 0 Å². The highest BCUT2D eigenvalue weighted by Gasteiger charge is 2.19. The Morgan fingerprint density at radius 3 is 2.69 bits per heavy atom. The molecular weight excluding hydrogens is 164 g/mol. The lowest BCUT2D eigenvalue weighted by Crippen LogP contribution is -2.30. The monoisotopic (exact) mass is 186 g/mol. The van der Waals surface area contributed by atoms with Gasteiger partial charge in [-0.05, 0) is 19.3 Å². The van der Waals surface area contributed by atoms with E-state index in [0.29, 0.717) is 0 Å². The Bertz CT molecular complexity index is 115. The standard InChI is InChI=1S/C10H22N2O/c1-2-8-13-9-7-11-5-6-12-10-3-4-10/h10-12H,2-9H2,1H3. The number of ether oxygens (including phenoxy) is 1. The Kier molecular flexibility index (Phi) is 6.15. The maximum Gasteiger partial charge on any atom is 0.0590 e. The molecule has 0 unspecified atom stereocenters. The zero-order valence-electron chi connectivity index (χ0n) is 8.64. The fraction of sp³-hybridized carbons (Fsp3) is 1.00. The van der Waals surface area contributed by atoms with Crippen LogP contribution in [0.1, 0.15) is 26.2 Å². The number of hydrogen-bond donors (Lipinski definition) is 2.